The zero-order valence-corrected chi connectivity index (χ0v) is 15.5. The summed E-state index contributed by atoms with van der Waals surface area (Å²) >= 11 is 5.80. The molecule has 3 aromatic rings. The summed E-state index contributed by atoms with van der Waals surface area (Å²) in [6, 6.07) is 8.66. The number of aromatic nitrogens is 4. The molecule has 2 heterocycles. The van der Waals surface area contributed by atoms with Gasteiger partial charge in [-0.2, -0.15) is 0 Å². The number of carbonyl (C=O) groups excluding carboxylic acids is 1. The van der Waals surface area contributed by atoms with Gasteiger partial charge in [0, 0.05) is 36.6 Å². The highest BCUT2D eigenvalue weighted by Gasteiger charge is 2.05. The number of nitrogens with zero attached hydrogens (tertiary/aromatic N) is 4. The standard InChI is InChI=1S/C18H19ClN6O2/c1-13-20-8-9-25(13)17-10-16(23-12-24-17)21-6-7-22-18(26)11-27-15-4-2-14(19)3-5-15/h2-5,8-10,12H,6-7,11H2,1H3,(H,22,26)(H,21,23,24). The molecule has 2 aromatic heterocycles. The van der Waals surface area contributed by atoms with Crippen molar-refractivity contribution in [3.8, 4) is 11.6 Å². The monoisotopic (exact) mass is 386 g/mol. The first-order chi connectivity index (χ1) is 13.1. The number of amides is 1. The number of imidazole rings is 1. The van der Waals surface area contributed by atoms with Crippen LogP contribution in [-0.4, -0.2) is 45.1 Å². The second kappa shape index (κ2) is 9.00. The third-order valence-corrected chi connectivity index (χ3v) is 3.91. The average molecular weight is 387 g/mol. The number of anilines is 1. The van der Waals surface area contributed by atoms with E-state index in [2.05, 4.69) is 25.6 Å². The molecule has 0 aliphatic heterocycles. The van der Waals surface area contributed by atoms with Crippen LogP contribution in [0.5, 0.6) is 5.75 Å². The van der Waals surface area contributed by atoms with E-state index in [1.165, 1.54) is 6.33 Å². The van der Waals surface area contributed by atoms with Crippen LogP contribution in [-0.2, 0) is 4.79 Å². The largest absolute Gasteiger partial charge is 0.484 e. The number of halogens is 1. The Bertz CT molecular complexity index is 897. The third-order valence-electron chi connectivity index (χ3n) is 3.66. The smallest absolute Gasteiger partial charge is 0.258 e. The number of ether oxygens (including phenoxy) is 1. The Hall–Kier alpha value is -3.13. The van der Waals surface area contributed by atoms with Gasteiger partial charge < -0.3 is 15.4 Å². The van der Waals surface area contributed by atoms with Crippen LogP contribution in [0.1, 0.15) is 5.82 Å². The third kappa shape index (κ3) is 5.42. The van der Waals surface area contributed by atoms with Crippen molar-refractivity contribution in [1.29, 1.82) is 0 Å². The van der Waals surface area contributed by atoms with Gasteiger partial charge in [-0.05, 0) is 31.2 Å². The van der Waals surface area contributed by atoms with Gasteiger partial charge in [-0.15, -0.1) is 0 Å². The Kier molecular flexibility index (Phi) is 6.22. The first-order valence-corrected chi connectivity index (χ1v) is 8.71. The van der Waals surface area contributed by atoms with Crippen LogP contribution in [0.25, 0.3) is 5.82 Å². The number of hydrogen-bond donors (Lipinski definition) is 2. The van der Waals surface area contributed by atoms with Crippen LogP contribution >= 0.6 is 11.6 Å². The minimum atomic E-state index is -0.204. The predicted molar refractivity (Wildman–Crippen MR) is 102 cm³/mol. The SMILES string of the molecule is Cc1nccn1-c1cc(NCCNC(=O)COc2ccc(Cl)cc2)ncn1. The number of nitrogens with one attached hydrogen (secondary N) is 2. The van der Waals surface area contributed by atoms with Gasteiger partial charge in [0.15, 0.2) is 6.61 Å². The molecule has 2 N–H and O–H groups in total. The fourth-order valence-electron chi connectivity index (χ4n) is 2.32. The molecule has 0 fully saturated rings. The normalized spacial score (nSPS) is 10.4. The fraction of sp³-hybridized carbons (Fsp3) is 0.222. The van der Waals surface area contributed by atoms with Gasteiger partial charge in [-0.25, -0.2) is 15.0 Å². The highest BCUT2D eigenvalue weighted by atomic mass is 35.5. The van der Waals surface area contributed by atoms with Crippen molar-refractivity contribution in [3.05, 3.63) is 59.9 Å². The quantitative estimate of drug-likeness (QED) is 0.576. The summed E-state index contributed by atoms with van der Waals surface area (Å²) < 4.78 is 7.25. The van der Waals surface area contributed by atoms with E-state index in [0.717, 1.165) is 11.6 Å². The van der Waals surface area contributed by atoms with E-state index in [4.69, 9.17) is 16.3 Å². The maximum absolute atomic E-state index is 11.8. The minimum Gasteiger partial charge on any atom is -0.484 e. The van der Waals surface area contributed by atoms with E-state index < -0.39 is 0 Å². The molecule has 3 rings (SSSR count). The number of benzene rings is 1. The van der Waals surface area contributed by atoms with Crippen LogP contribution in [0.15, 0.2) is 49.1 Å². The Morgan fingerprint density at radius 3 is 2.74 bits per heavy atom. The molecule has 0 radical (unpaired) electrons. The fourth-order valence-corrected chi connectivity index (χ4v) is 2.44. The van der Waals surface area contributed by atoms with E-state index >= 15 is 0 Å². The highest BCUT2D eigenvalue weighted by Crippen LogP contribution is 2.15. The lowest BCUT2D eigenvalue weighted by atomic mass is 10.3. The molecule has 27 heavy (non-hydrogen) atoms. The van der Waals surface area contributed by atoms with Gasteiger partial charge in [0.05, 0.1) is 0 Å². The van der Waals surface area contributed by atoms with Crippen molar-refractivity contribution in [3.63, 3.8) is 0 Å². The van der Waals surface area contributed by atoms with Gasteiger partial charge in [-0.3, -0.25) is 9.36 Å². The van der Waals surface area contributed by atoms with E-state index in [1.54, 1.807) is 30.5 Å². The van der Waals surface area contributed by atoms with Crippen LogP contribution in [0.3, 0.4) is 0 Å². The zero-order valence-electron chi connectivity index (χ0n) is 14.7. The van der Waals surface area contributed by atoms with Crippen LogP contribution in [0, 0.1) is 6.92 Å². The van der Waals surface area contributed by atoms with Crippen LogP contribution in [0.2, 0.25) is 5.02 Å². The second-order valence-corrected chi connectivity index (χ2v) is 6.06. The van der Waals surface area contributed by atoms with Crippen molar-refractivity contribution in [2.24, 2.45) is 0 Å². The first kappa shape index (κ1) is 18.7. The minimum absolute atomic E-state index is 0.0564. The lowest BCUT2D eigenvalue weighted by molar-refractivity contribution is -0.123. The molecule has 0 unspecified atom stereocenters. The van der Waals surface area contributed by atoms with Gasteiger partial charge in [0.2, 0.25) is 0 Å². The lowest BCUT2D eigenvalue weighted by Crippen LogP contribution is -2.32. The summed E-state index contributed by atoms with van der Waals surface area (Å²) in [6.07, 6.45) is 5.03. The van der Waals surface area contributed by atoms with Crippen molar-refractivity contribution < 1.29 is 9.53 Å². The van der Waals surface area contributed by atoms with E-state index in [1.807, 2.05) is 23.8 Å². The topological polar surface area (TPSA) is 94.0 Å². The maximum Gasteiger partial charge on any atom is 0.258 e. The molecule has 8 nitrogen and oxygen atoms in total. The van der Waals surface area contributed by atoms with Crippen molar-refractivity contribution >= 4 is 23.3 Å². The number of rotatable bonds is 8. The molecular formula is C18H19ClN6O2. The Morgan fingerprint density at radius 2 is 2.00 bits per heavy atom. The lowest BCUT2D eigenvalue weighted by Gasteiger charge is -2.10. The molecule has 0 bridgehead atoms. The van der Waals surface area contributed by atoms with E-state index in [-0.39, 0.29) is 12.5 Å². The molecule has 0 saturated carbocycles. The van der Waals surface area contributed by atoms with Crippen molar-refractivity contribution in [2.45, 2.75) is 6.92 Å². The van der Waals surface area contributed by atoms with Gasteiger partial charge in [-0.1, -0.05) is 11.6 Å². The molecule has 0 saturated heterocycles. The van der Waals surface area contributed by atoms with Crippen LogP contribution < -0.4 is 15.4 Å². The van der Waals surface area contributed by atoms with E-state index in [0.29, 0.717) is 29.7 Å². The number of hydrogen-bond acceptors (Lipinski definition) is 6. The van der Waals surface area contributed by atoms with Gasteiger partial charge >= 0.3 is 0 Å². The molecule has 0 aliphatic carbocycles. The summed E-state index contributed by atoms with van der Waals surface area (Å²) in [5.41, 5.74) is 0. The molecule has 140 valence electrons. The maximum atomic E-state index is 11.8. The van der Waals surface area contributed by atoms with Gasteiger partial charge in [0.1, 0.15) is 29.5 Å². The number of carbonyl (C=O) groups is 1. The molecular weight excluding hydrogens is 368 g/mol. The molecule has 0 spiro atoms. The highest BCUT2D eigenvalue weighted by molar-refractivity contribution is 6.30. The Labute approximate surface area is 161 Å². The molecule has 9 heteroatoms. The second-order valence-electron chi connectivity index (χ2n) is 5.63. The molecule has 1 aromatic carbocycles. The van der Waals surface area contributed by atoms with Crippen molar-refractivity contribution in [1.82, 2.24) is 24.8 Å². The molecule has 0 aliphatic rings. The summed E-state index contributed by atoms with van der Waals surface area (Å²) in [6.45, 7) is 2.80. The molecule has 0 atom stereocenters. The van der Waals surface area contributed by atoms with E-state index in [9.17, 15) is 4.79 Å². The Balaban J connectivity index is 1.40. The average Bonchev–Trinajstić information content (AvgIpc) is 3.11. The van der Waals surface area contributed by atoms with Crippen molar-refractivity contribution in [2.75, 3.05) is 25.0 Å². The Morgan fingerprint density at radius 1 is 1.19 bits per heavy atom. The summed E-state index contributed by atoms with van der Waals surface area (Å²) in [7, 11) is 0. The molecule has 1 amide bonds. The van der Waals surface area contributed by atoms with Crippen LogP contribution in [0.4, 0.5) is 5.82 Å². The zero-order chi connectivity index (χ0) is 19.1. The summed E-state index contributed by atoms with van der Waals surface area (Å²) in [4.78, 5) is 24.4. The predicted octanol–water partition coefficient (Wildman–Crippen LogP) is 2.23. The summed E-state index contributed by atoms with van der Waals surface area (Å²) in [5.74, 6) is 2.62. The van der Waals surface area contributed by atoms with Gasteiger partial charge in [0.25, 0.3) is 5.91 Å². The number of aryl methyl sites for hydroxylation is 1. The first-order valence-electron chi connectivity index (χ1n) is 8.33. The summed E-state index contributed by atoms with van der Waals surface area (Å²) in [5, 5.41) is 6.54.